The minimum atomic E-state index is -1.14. The Bertz CT molecular complexity index is 450. The van der Waals surface area contributed by atoms with Crippen molar-refractivity contribution in [3.05, 3.63) is 0 Å². The Hall–Kier alpha value is -0.430. The van der Waals surface area contributed by atoms with Crippen molar-refractivity contribution in [2.45, 2.75) is 29.0 Å². The highest BCUT2D eigenvalue weighted by Crippen LogP contribution is 2.60. The summed E-state index contributed by atoms with van der Waals surface area (Å²) < 4.78 is 0. The predicted octanol–water partition coefficient (Wildman–Crippen LogP) is 1.24. The van der Waals surface area contributed by atoms with Crippen LogP contribution in [0.1, 0.15) is 13.3 Å². The summed E-state index contributed by atoms with van der Waals surface area (Å²) in [5.74, 6) is -2.17. The number of carbonyl (C=O) groups excluding carboxylic acids is 2. The van der Waals surface area contributed by atoms with Crippen LogP contribution in [0.2, 0.25) is 0 Å². The molecule has 0 radical (unpaired) electrons. The SMILES string of the molecule is C[C@H](C(=O)O)N1C(=O)[C@@H]2[C@H]3C[C@@H]([C@H](Br)[C@H]3Br)[C@H]2C1=O. The normalized spacial score (nSPS) is 45.7. The van der Waals surface area contributed by atoms with E-state index in [-0.39, 0.29) is 45.1 Å². The number of carboxylic acid groups (broad SMARTS) is 1. The molecule has 2 aliphatic carbocycles. The van der Waals surface area contributed by atoms with Gasteiger partial charge in [0.1, 0.15) is 6.04 Å². The molecular weight excluding hydrogens is 382 g/mol. The van der Waals surface area contributed by atoms with Crippen LogP contribution in [-0.4, -0.2) is 43.5 Å². The first-order valence-electron chi connectivity index (χ1n) is 6.24. The number of hydrogen-bond donors (Lipinski definition) is 1. The molecule has 0 aromatic heterocycles. The fraction of sp³-hybridized carbons (Fsp3) is 0.750. The van der Waals surface area contributed by atoms with E-state index in [0.717, 1.165) is 11.3 Å². The van der Waals surface area contributed by atoms with Crippen LogP contribution in [-0.2, 0) is 14.4 Å². The standard InChI is InChI=1S/C12H13Br2NO4/c1-3(12(18)19)15-10(16)6-4-2-5(7(6)11(15)17)9(14)8(4)13/h3-9H,2H2,1H3,(H,18,19)/t3-,4-,5-,6-,7-,8+,9+/m1/s1. The van der Waals surface area contributed by atoms with E-state index < -0.39 is 12.0 Å². The number of halogens is 2. The fourth-order valence-electron chi connectivity index (χ4n) is 3.86. The number of nitrogens with zero attached hydrogens (tertiary/aromatic N) is 1. The van der Waals surface area contributed by atoms with Crippen LogP contribution < -0.4 is 0 Å². The van der Waals surface area contributed by atoms with E-state index in [1.807, 2.05) is 0 Å². The molecular formula is C12H13Br2NO4. The number of rotatable bonds is 2. The van der Waals surface area contributed by atoms with Crippen molar-refractivity contribution in [3.8, 4) is 0 Å². The average molecular weight is 395 g/mol. The van der Waals surface area contributed by atoms with Gasteiger partial charge in [0.25, 0.3) is 0 Å². The van der Waals surface area contributed by atoms with E-state index >= 15 is 0 Å². The maximum Gasteiger partial charge on any atom is 0.326 e. The maximum absolute atomic E-state index is 12.4. The maximum atomic E-state index is 12.4. The fourth-order valence-corrected chi connectivity index (χ4v) is 5.74. The zero-order valence-corrected chi connectivity index (χ0v) is 13.3. The largest absolute Gasteiger partial charge is 0.480 e. The molecule has 0 unspecified atom stereocenters. The van der Waals surface area contributed by atoms with Gasteiger partial charge in [0.2, 0.25) is 11.8 Å². The van der Waals surface area contributed by atoms with Crippen molar-refractivity contribution in [1.29, 1.82) is 0 Å². The second-order valence-electron chi connectivity index (χ2n) is 5.56. The third-order valence-electron chi connectivity index (χ3n) is 4.77. The molecule has 3 rings (SSSR count). The van der Waals surface area contributed by atoms with Gasteiger partial charge >= 0.3 is 5.97 Å². The van der Waals surface area contributed by atoms with E-state index in [1.54, 1.807) is 0 Å². The number of aliphatic carboxylic acids is 1. The third-order valence-corrected chi connectivity index (χ3v) is 7.97. The first kappa shape index (κ1) is 13.5. The molecule has 1 saturated heterocycles. The highest BCUT2D eigenvalue weighted by molar-refractivity contribution is 9.12. The van der Waals surface area contributed by atoms with E-state index in [0.29, 0.717) is 0 Å². The Labute approximate surface area is 127 Å². The molecule has 104 valence electrons. The summed E-state index contributed by atoms with van der Waals surface area (Å²) in [5, 5.41) is 9.03. The summed E-state index contributed by atoms with van der Waals surface area (Å²) in [5.41, 5.74) is 0. The van der Waals surface area contributed by atoms with Crippen LogP contribution in [0.5, 0.6) is 0 Å². The first-order valence-corrected chi connectivity index (χ1v) is 8.07. The monoisotopic (exact) mass is 393 g/mol. The minimum absolute atomic E-state index is 0.127. The van der Waals surface area contributed by atoms with Crippen molar-refractivity contribution in [2.75, 3.05) is 0 Å². The van der Waals surface area contributed by atoms with E-state index in [4.69, 9.17) is 5.11 Å². The number of fused-ring (bicyclic) bond motifs is 5. The van der Waals surface area contributed by atoms with Crippen LogP contribution in [0, 0.1) is 23.7 Å². The second kappa shape index (κ2) is 4.28. The van der Waals surface area contributed by atoms with Crippen molar-refractivity contribution in [3.63, 3.8) is 0 Å². The molecule has 1 heterocycles. The van der Waals surface area contributed by atoms with Gasteiger partial charge in [-0.05, 0) is 25.2 Å². The Morgan fingerprint density at radius 2 is 1.63 bits per heavy atom. The van der Waals surface area contributed by atoms with Crippen LogP contribution in [0.15, 0.2) is 0 Å². The topological polar surface area (TPSA) is 74.7 Å². The van der Waals surface area contributed by atoms with Crippen molar-refractivity contribution in [1.82, 2.24) is 4.90 Å². The molecule has 19 heavy (non-hydrogen) atoms. The van der Waals surface area contributed by atoms with E-state index in [1.165, 1.54) is 6.92 Å². The van der Waals surface area contributed by atoms with Crippen molar-refractivity contribution < 1.29 is 19.5 Å². The van der Waals surface area contributed by atoms with Crippen LogP contribution in [0.3, 0.4) is 0 Å². The summed E-state index contributed by atoms with van der Waals surface area (Å²) in [6.07, 6.45) is 0.855. The van der Waals surface area contributed by atoms with Gasteiger partial charge in [-0.15, -0.1) is 0 Å². The molecule has 2 amide bonds. The molecule has 0 spiro atoms. The van der Waals surface area contributed by atoms with Gasteiger partial charge in [0.15, 0.2) is 0 Å². The highest BCUT2D eigenvalue weighted by Gasteiger charge is 2.67. The Balaban J connectivity index is 1.95. The van der Waals surface area contributed by atoms with Gasteiger partial charge in [-0.25, -0.2) is 4.79 Å². The van der Waals surface area contributed by atoms with Crippen LogP contribution in [0.4, 0.5) is 0 Å². The van der Waals surface area contributed by atoms with Gasteiger partial charge in [-0.1, -0.05) is 31.9 Å². The summed E-state index contributed by atoms with van der Waals surface area (Å²) in [4.78, 5) is 37.1. The molecule has 7 atom stereocenters. The minimum Gasteiger partial charge on any atom is -0.480 e. The number of carboxylic acids is 1. The lowest BCUT2D eigenvalue weighted by molar-refractivity contribution is -0.154. The van der Waals surface area contributed by atoms with Gasteiger partial charge in [-0.2, -0.15) is 0 Å². The molecule has 0 aromatic rings. The molecule has 2 saturated carbocycles. The lowest BCUT2D eigenvalue weighted by Gasteiger charge is -2.28. The first-order chi connectivity index (χ1) is 8.86. The number of alkyl halides is 2. The summed E-state index contributed by atoms with van der Waals surface area (Å²) in [6, 6.07) is -1.08. The lowest BCUT2D eigenvalue weighted by Crippen LogP contribution is -2.44. The lowest BCUT2D eigenvalue weighted by atomic mass is 9.81. The van der Waals surface area contributed by atoms with Crippen molar-refractivity contribution >= 4 is 49.6 Å². The van der Waals surface area contributed by atoms with E-state index in [9.17, 15) is 14.4 Å². The zero-order chi connectivity index (χ0) is 14.1. The Kier molecular flexibility index (Phi) is 3.05. The predicted molar refractivity (Wildman–Crippen MR) is 73.0 cm³/mol. The molecule has 7 heteroatoms. The number of hydrogen-bond acceptors (Lipinski definition) is 3. The Morgan fingerprint density at radius 3 is 2.00 bits per heavy atom. The van der Waals surface area contributed by atoms with E-state index in [2.05, 4.69) is 31.9 Å². The number of amides is 2. The van der Waals surface area contributed by atoms with Gasteiger partial charge < -0.3 is 5.11 Å². The van der Waals surface area contributed by atoms with Crippen LogP contribution in [0.25, 0.3) is 0 Å². The van der Waals surface area contributed by atoms with Crippen molar-refractivity contribution in [2.24, 2.45) is 23.7 Å². The molecule has 2 bridgehead atoms. The van der Waals surface area contributed by atoms with Gasteiger partial charge in [0, 0.05) is 9.65 Å². The highest BCUT2D eigenvalue weighted by atomic mass is 79.9. The molecule has 1 N–H and O–H groups in total. The quantitative estimate of drug-likeness (QED) is 0.564. The molecule has 3 aliphatic rings. The molecule has 3 fully saturated rings. The summed E-state index contributed by atoms with van der Waals surface area (Å²) in [7, 11) is 0. The molecule has 5 nitrogen and oxygen atoms in total. The number of imide groups is 1. The average Bonchev–Trinajstić information content (AvgIpc) is 2.94. The van der Waals surface area contributed by atoms with Gasteiger partial charge in [-0.3, -0.25) is 14.5 Å². The summed E-state index contributed by atoms with van der Waals surface area (Å²) >= 11 is 7.17. The summed E-state index contributed by atoms with van der Waals surface area (Å²) in [6.45, 7) is 1.39. The molecule has 0 aromatic carbocycles. The third kappa shape index (κ3) is 1.60. The number of carbonyl (C=O) groups is 3. The Morgan fingerprint density at radius 1 is 1.21 bits per heavy atom. The smallest absolute Gasteiger partial charge is 0.326 e. The zero-order valence-electron chi connectivity index (χ0n) is 10.1. The second-order valence-corrected chi connectivity index (χ2v) is 7.68. The van der Waals surface area contributed by atoms with Gasteiger partial charge in [0.05, 0.1) is 11.8 Å². The molecule has 1 aliphatic heterocycles. The number of likely N-dealkylation sites (tertiary alicyclic amines) is 1. The van der Waals surface area contributed by atoms with Crippen LogP contribution >= 0.6 is 31.9 Å².